The third kappa shape index (κ3) is 3.92. The Balaban J connectivity index is 1.97. The van der Waals surface area contributed by atoms with E-state index in [1.807, 2.05) is 0 Å². The van der Waals surface area contributed by atoms with Gasteiger partial charge in [0.1, 0.15) is 5.75 Å². The zero-order valence-electron chi connectivity index (χ0n) is 10.2. The minimum Gasteiger partial charge on any atom is -0.478 e. The number of carboxylic acid groups (broad SMARTS) is 1. The summed E-state index contributed by atoms with van der Waals surface area (Å²) < 4.78 is 28.5. The van der Waals surface area contributed by atoms with E-state index >= 15 is 0 Å². The van der Waals surface area contributed by atoms with Crippen molar-refractivity contribution >= 4 is 23.0 Å². The maximum Gasteiger partial charge on any atom is 0.387 e. The molecule has 7 heteroatoms. The molecule has 2 rings (SSSR count). The molecular formula is C13H11F2NO3S. The molecule has 0 atom stereocenters. The Bertz CT molecular complexity index is 601. The first-order valence-corrected chi connectivity index (χ1v) is 6.52. The van der Waals surface area contributed by atoms with Crippen molar-refractivity contribution in [2.24, 2.45) is 0 Å². The van der Waals surface area contributed by atoms with Crippen LogP contribution in [0.25, 0.3) is 0 Å². The van der Waals surface area contributed by atoms with Crippen LogP contribution in [0.3, 0.4) is 0 Å². The molecule has 106 valence electrons. The number of aromatic carboxylic acids is 1. The lowest BCUT2D eigenvalue weighted by molar-refractivity contribution is -0.0498. The monoisotopic (exact) mass is 299 g/mol. The van der Waals surface area contributed by atoms with Crippen LogP contribution < -0.4 is 10.1 Å². The van der Waals surface area contributed by atoms with Crippen molar-refractivity contribution in [1.82, 2.24) is 0 Å². The lowest BCUT2D eigenvalue weighted by atomic mass is 10.3. The third-order valence-corrected chi connectivity index (χ3v) is 3.36. The summed E-state index contributed by atoms with van der Waals surface area (Å²) in [6.45, 7) is -2.45. The van der Waals surface area contributed by atoms with E-state index in [0.717, 1.165) is 4.88 Å². The second-order valence-corrected chi connectivity index (χ2v) is 4.86. The van der Waals surface area contributed by atoms with Crippen LogP contribution in [0.2, 0.25) is 0 Å². The van der Waals surface area contributed by atoms with Crippen molar-refractivity contribution in [3.05, 3.63) is 46.2 Å². The third-order valence-electron chi connectivity index (χ3n) is 2.43. The predicted octanol–water partition coefficient (Wildman–Crippen LogP) is 3.66. The molecule has 0 saturated heterocycles. The Kier molecular flexibility index (Phi) is 4.52. The molecule has 2 aromatic rings. The van der Waals surface area contributed by atoms with Gasteiger partial charge in [0.15, 0.2) is 0 Å². The molecule has 1 aromatic carbocycles. The number of benzene rings is 1. The van der Waals surface area contributed by atoms with Gasteiger partial charge in [-0.1, -0.05) is 6.07 Å². The first kappa shape index (κ1) is 14.3. The topological polar surface area (TPSA) is 58.6 Å². The van der Waals surface area contributed by atoms with Crippen LogP contribution in [0.5, 0.6) is 5.75 Å². The molecule has 0 saturated carbocycles. The fourth-order valence-electron chi connectivity index (χ4n) is 1.56. The Labute approximate surface area is 117 Å². The highest BCUT2D eigenvalue weighted by atomic mass is 32.1. The molecule has 0 spiro atoms. The highest BCUT2D eigenvalue weighted by Crippen LogP contribution is 2.21. The van der Waals surface area contributed by atoms with Crippen LogP contribution >= 0.6 is 11.3 Å². The van der Waals surface area contributed by atoms with Gasteiger partial charge in [-0.2, -0.15) is 8.78 Å². The smallest absolute Gasteiger partial charge is 0.387 e. The van der Waals surface area contributed by atoms with E-state index in [1.54, 1.807) is 23.6 Å². The molecule has 0 aliphatic rings. The molecule has 0 radical (unpaired) electrons. The summed E-state index contributed by atoms with van der Waals surface area (Å²) >= 11 is 1.32. The normalized spacial score (nSPS) is 10.6. The summed E-state index contributed by atoms with van der Waals surface area (Å²) in [5.41, 5.74) is 0.856. The number of rotatable bonds is 6. The molecule has 20 heavy (non-hydrogen) atoms. The fourth-order valence-corrected chi connectivity index (χ4v) is 2.35. The number of hydrogen-bond acceptors (Lipinski definition) is 4. The molecule has 0 bridgehead atoms. The van der Waals surface area contributed by atoms with E-state index in [2.05, 4.69) is 10.1 Å². The van der Waals surface area contributed by atoms with Gasteiger partial charge in [-0.25, -0.2) is 4.79 Å². The number of alkyl halides is 2. The maximum atomic E-state index is 12.1. The van der Waals surface area contributed by atoms with Gasteiger partial charge in [0.25, 0.3) is 0 Å². The summed E-state index contributed by atoms with van der Waals surface area (Å²) in [6.07, 6.45) is 0. The maximum absolute atomic E-state index is 12.1. The Morgan fingerprint density at radius 1 is 1.40 bits per heavy atom. The molecule has 1 heterocycles. The molecule has 0 fully saturated rings. The van der Waals surface area contributed by atoms with Gasteiger partial charge in [0, 0.05) is 28.6 Å². The second-order valence-electron chi connectivity index (χ2n) is 3.87. The van der Waals surface area contributed by atoms with Gasteiger partial charge in [-0.15, -0.1) is 11.3 Å². The Hall–Kier alpha value is -2.15. The molecular weight excluding hydrogens is 288 g/mol. The summed E-state index contributed by atoms with van der Waals surface area (Å²) in [5.74, 6) is -0.901. The van der Waals surface area contributed by atoms with Crippen molar-refractivity contribution < 1.29 is 23.4 Å². The standard InChI is InChI=1S/C13H11F2NO3S/c14-13(15)19-10-3-1-2-9(5-10)16-6-11-4-8(7-20-11)12(17)18/h1-5,7,13,16H,6H2,(H,17,18). The highest BCUT2D eigenvalue weighted by Gasteiger charge is 2.07. The van der Waals surface area contributed by atoms with Crippen molar-refractivity contribution in [3.8, 4) is 5.75 Å². The van der Waals surface area contributed by atoms with E-state index in [9.17, 15) is 13.6 Å². The summed E-state index contributed by atoms with van der Waals surface area (Å²) in [4.78, 5) is 11.6. The summed E-state index contributed by atoms with van der Waals surface area (Å²) in [5, 5.41) is 13.4. The number of nitrogens with one attached hydrogen (secondary N) is 1. The molecule has 0 amide bonds. The zero-order valence-corrected chi connectivity index (χ0v) is 11.0. The number of carboxylic acids is 1. The van der Waals surface area contributed by atoms with Crippen LogP contribution in [-0.2, 0) is 6.54 Å². The number of ether oxygens (including phenoxy) is 1. The number of hydrogen-bond donors (Lipinski definition) is 2. The number of carbonyl (C=O) groups is 1. The Morgan fingerprint density at radius 3 is 2.85 bits per heavy atom. The number of anilines is 1. The number of halogens is 2. The van der Waals surface area contributed by atoms with Gasteiger partial charge in [0.05, 0.1) is 5.56 Å². The van der Waals surface area contributed by atoms with Gasteiger partial charge < -0.3 is 15.2 Å². The largest absolute Gasteiger partial charge is 0.478 e. The average molecular weight is 299 g/mol. The van der Waals surface area contributed by atoms with E-state index in [4.69, 9.17) is 5.11 Å². The molecule has 2 N–H and O–H groups in total. The van der Waals surface area contributed by atoms with Crippen LogP contribution in [0.1, 0.15) is 15.2 Å². The average Bonchev–Trinajstić information content (AvgIpc) is 2.85. The number of thiophene rings is 1. The van der Waals surface area contributed by atoms with Gasteiger partial charge in [0.2, 0.25) is 0 Å². The van der Waals surface area contributed by atoms with Crippen molar-refractivity contribution in [2.75, 3.05) is 5.32 Å². The molecule has 0 unspecified atom stereocenters. The predicted molar refractivity (Wildman–Crippen MR) is 71.7 cm³/mol. The second kappa shape index (κ2) is 6.33. The van der Waals surface area contributed by atoms with Gasteiger partial charge in [-0.05, 0) is 18.2 Å². The van der Waals surface area contributed by atoms with Gasteiger partial charge in [-0.3, -0.25) is 0 Å². The minimum atomic E-state index is -2.86. The lowest BCUT2D eigenvalue weighted by Crippen LogP contribution is -2.03. The molecule has 0 aliphatic heterocycles. The van der Waals surface area contributed by atoms with Crippen LogP contribution in [0, 0.1) is 0 Å². The van der Waals surface area contributed by atoms with Crippen LogP contribution in [0.4, 0.5) is 14.5 Å². The van der Waals surface area contributed by atoms with Crippen molar-refractivity contribution in [3.63, 3.8) is 0 Å². The van der Waals surface area contributed by atoms with Crippen LogP contribution in [0.15, 0.2) is 35.7 Å². The van der Waals surface area contributed by atoms with E-state index in [-0.39, 0.29) is 11.3 Å². The first-order valence-electron chi connectivity index (χ1n) is 5.64. The van der Waals surface area contributed by atoms with E-state index in [0.29, 0.717) is 12.2 Å². The quantitative estimate of drug-likeness (QED) is 0.854. The van der Waals surface area contributed by atoms with E-state index < -0.39 is 12.6 Å². The zero-order chi connectivity index (χ0) is 14.5. The Morgan fingerprint density at radius 2 is 2.20 bits per heavy atom. The SMILES string of the molecule is O=C(O)c1csc(CNc2cccc(OC(F)F)c2)c1. The molecule has 0 aliphatic carbocycles. The fraction of sp³-hybridized carbons (Fsp3) is 0.154. The van der Waals surface area contributed by atoms with Crippen molar-refractivity contribution in [1.29, 1.82) is 0 Å². The van der Waals surface area contributed by atoms with Gasteiger partial charge >= 0.3 is 12.6 Å². The molecule has 4 nitrogen and oxygen atoms in total. The first-order chi connectivity index (χ1) is 9.54. The highest BCUT2D eigenvalue weighted by molar-refractivity contribution is 7.10. The van der Waals surface area contributed by atoms with Crippen LogP contribution in [-0.4, -0.2) is 17.7 Å². The lowest BCUT2D eigenvalue weighted by Gasteiger charge is -2.08. The molecule has 1 aromatic heterocycles. The van der Waals surface area contributed by atoms with E-state index in [1.165, 1.54) is 23.5 Å². The minimum absolute atomic E-state index is 0.0717. The van der Waals surface area contributed by atoms with Crippen molar-refractivity contribution in [2.45, 2.75) is 13.2 Å². The summed E-state index contributed by atoms with van der Waals surface area (Å²) in [6, 6.07) is 7.77. The summed E-state index contributed by atoms with van der Waals surface area (Å²) in [7, 11) is 0.